The smallest absolute Gasteiger partial charge is 0.235 e. The Labute approximate surface area is 162 Å². The summed E-state index contributed by atoms with van der Waals surface area (Å²) in [6.45, 7) is 11.3. The molecule has 2 N–H and O–H groups in total. The highest BCUT2D eigenvalue weighted by molar-refractivity contribution is 7.93. The van der Waals surface area contributed by atoms with E-state index in [1.165, 1.54) is 11.1 Å². The Kier molecular flexibility index (Phi) is 5.96. The van der Waals surface area contributed by atoms with Crippen LogP contribution in [0.5, 0.6) is 0 Å². The molecule has 1 unspecified atom stereocenters. The predicted molar refractivity (Wildman–Crippen MR) is 114 cm³/mol. The van der Waals surface area contributed by atoms with Gasteiger partial charge in [0.15, 0.2) is 0 Å². The van der Waals surface area contributed by atoms with Crippen LogP contribution in [0.15, 0.2) is 30.5 Å². The lowest BCUT2D eigenvalue weighted by Crippen LogP contribution is -2.31. The van der Waals surface area contributed by atoms with Gasteiger partial charge < -0.3 is 4.98 Å². The fourth-order valence-electron chi connectivity index (χ4n) is 3.57. The zero-order valence-corrected chi connectivity index (χ0v) is 17.6. The number of nitrogens with one attached hydrogen (secondary N) is 2. The van der Waals surface area contributed by atoms with Crippen molar-refractivity contribution in [1.29, 1.82) is 0 Å². The second-order valence-corrected chi connectivity index (χ2v) is 10.1. The van der Waals surface area contributed by atoms with Crippen molar-refractivity contribution >= 4 is 32.2 Å². The monoisotopic (exact) mass is 389 g/mol. The number of H-pyrrole nitrogens is 1. The molecule has 0 spiro atoms. The van der Waals surface area contributed by atoms with E-state index in [-0.39, 0.29) is 0 Å². The number of sulfonamides is 1. The van der Waals surface area contributed by atoms with Crippen molar-refractivity contribution < 1.29 is 8.42 Å². The summed E-state index contributed by atoms with van der Waals surface area (Å²) in [6.07, 6.45) is 5.96. The molecule has 1 aromatic heterocycles. The summed E-state index contributed by atoms with van der Waals surface area (Å²) in [6, 6.07) is 5.71. The lowest BCUT2D eigenvalue weighted by atomic mass is 9.98. The molecule has 1 aromatic carbocycles. The minimum absolute atomic E-state index is 0.410. The lowest BCUT2D eigenvalue weighted by molar-refractivity contribution is 0.268. The molecule has 1 aliphatic rings. The molecule has 0 saturated carbocycles. The number of aromatic amines is 1. The Balaban J connectivity index is 1.85. The van der Waals surface area contributed by atoms with Gasteiger partial charge in [0, 0.05) is 48.0 Å². The molecule has 2 aromatic rings. The van der Waals surface area contributed by atoms with Gasteiger partial charge in [-0.25, -0.2) is 8.42 Å². The topological polar surface area (TPSA) is 65.2 Å². The molecule has 148 valence electrons. The third kappa shape index (κ3) is 4.55. The molecule has 0 aliphatic carbocycles. The van der Waals surface area contributed by atoms with Crippen molar-refractivity contribution in [3.05, 3.63) is 36.0 Å². The van der Waals surface area contributed by atoms with Gasteiger partial charge in [-0.1, -0.05) is 26.8 Å². The highest BCUT2D eigenvalue weighted by Gasteiger charge is 2.20. The van der Waals surface area contributed by atoms with Crippen LogP contribution in [-0.2, 0) is 10.0 Å². The van der Waals surface area contributed by atoms with Crippen molar-refractivity contribution in [1.82, 2.24) is 9.88 Å². The Hall–Kier alpha value is -1.79. The minimum atomic E-state index is -3.35. The molecule has 6 heteroatoms. The first kappa shape index (κ1) is 20.0. The third-order valence-electron chi connectivity index (χ3n) is 5.31. The second kappa shape index (κ2) is 8.07. The highest BCUT2D eigenvalue weighted by atomic mass is 32.2. The van der Waals surface area contributed by atoms with Gasteiger partial charge in [-0.3, -0.25) is 9.62 Å². The number of aromatic nitrogens is 1. The maximum atomic E-state index is 12.4. The average Bonchev–Trinajstić information content (AvgIpc) is 3.04. The summed E-state index contributed by atoms with van der Waals surface area (Å²) in [5, 5.41) is 0.662. The van der Waals surface area contributed by atoms with Crippen molar-refractivity contribution in [2.45, 2.75) is 45.8 Å². The van der Waals surface area contributed by atoms with E-state index in [0.29, 0.717) is 18.0 Å². The summed E-state index contributed by atoms with van der Waals surface area (Å²) in [5.41, 5.74) is 4.17. The van der Waals surface area contributed by atoms with Crippen LogP contribution in [-0.4, -0.2) is 43.2 Å². The molecular formula is C21H31N3O2S. The quantitative estimate of drug-likeness (QED) is 0.735. The maximum absolute atomic E-state index is 12.4. The SMILES string of the molecule is CCC(C)S(=O)(=O)Nc1ccc2[nH]cc(C3=CCN(CC(C)C)CC3)c2c1. The molecule has 1 atom stereocenters. The number of rotatable bonds is 7. The van der Waals surface area contributed by atoms with Crippen molar-refractivity contribution in [3.63, 3.8) is 0 Å². The van der Waals surface area contributed by atoms with Crippen LogP contribution in [0.3, 0.4) is 0 Å². The number of fused-ring (bicyclic) bond motifs is 1. The average molecular weight is 390 g/mol. The summed E-state index contributed by atoms with van der Waals surface area (Å²) in [4.78, 5) is 5.80. The first-order valence-corrected chi connectivity index (χ1v) is 11.4. The normalized spacial score (nSPS) is 17.3. The zero-order chi connectivity index (χ0) is 19.6. The third-order valence-corrected chi connectivity index (χ3v) is 7.22. The van der Waals surface area contributed by atoms with Crippen LogP contribution in [0, 0.1) is 5.92 Å². The van der Waals surface area contributed by atoms with E-state index in [2.05, 4.69) is 34.5 Å². The molecule has 3 rings (SSSR count). The van der Waals surface area contributed by atoms with Gasteiger partial charge in [-0.05, 0) is 49.5 Å². The van der Waals surface area contributed by atoms with Crippen LogP contribution in [0.25, 0.3) is 16.5 Å². The van der Waals surface area contributed by atoms with Crippen LogP contribution >= 0.6 is 0 Å². The number of anilines is 1. The molecule has 0 fully saturated rings. The van der Waals surface area contributed by atoms with Gasteiger partial charge in [0.2, 0.25) is 10.0 Å². The van der Waals surface area contributed by atoms with E-state index in [1.54, 1.807) is 6.92 Å². The van der Waals surface area contributed by atoms with E-state index in [9.17, 15) is 8.42 Å². The maximum Gasteiger partial charge on any atom is 0.235 e. The van der Waals surface area contributed by atoms with Crippen LogP contribution in [0.4, 0.5) is 5.69 Å². The Morgan fingerprint density at radius 1 is 1.26 bits per heavy atom. The molecule has 0 amide bonds. The molecule has 2 heterocycles. The lowest BCUT2D eigenvalue weighted by Gasteiger charge is -2.27. The van der Waals surface area contributed by atoms with E-state index in [4.69, 9.17) is 0 Å². The van der Waals surface area contributed by atoms with Gasteiger partial charge in [0.1, 0.15) is 0 Å². The van der Waals surface area contributed by atoms with Gasteiger partial charge in [-0.15, -0.1) is 0 Å². The van der Waals surface area contributed by atoms with Crippen LogP contribution in [0.2, 0.25) is 0 Å². The largest absolute Gasteiger partial charge is 0.361 e. The molecule has 5 nitrogen and oxygen atoms in total. The van der Waals surface area contributed by atoms with E-state index in [0.717, 1.165) is 37.0 Å². The first-order chi connectivity index (χ1) is 12.8. The van der Waals surface area contributed by atoms with Crippen molar-refractivity contribution in [3.8, 4) is 0 Å². The molecule has 1 aliphatic heterocycles. The fraction of sp³-hybridized carbons (Fsp3) is 0.524. The summed E-state index contributed by atoms with van der Waals surface area (Å²) in [7, 11) is -3.35. The number of hydrogen-bond acceptors (Lipinski definition) is 3. The van der Waals surface area contributed by atoms with Crippen molar-refractivity contribution in [2.24, 2.45) is 5.92 Å². The Morgan fingerprint density at radius 2 is 2.04 bits per heavy atom. The molecule has 0 radical (unpaired) electrons. The second-order valence-electron chi connectivity index (χ2n) is 7.96. The van der Waals surface area contributed by atoms with E-state index >= 15 is 0 Å². The van der Waals surface area contributed by atoms with Crippen molar-refractivity contribution in [2.75, 3.05) is 24.4 Å². The van der Waals surface area contributed by atoms with E-state index < -0.39 is 15.3 Å². The highest BCUT2D eigenvalue weighted by Crippen LogP contribution is 2.31. The molecule has 0 saturated heterocycles. The number of hydrogen-bond donors (Lipinski definition) is 2. The van der Waals surface area contributed by atoms with Gasteiger partial charge >= 0.3 is 0 Å². The van der Waals surface area contributed by atoms with Gasteiger partial charge in [-0.2, -0.15) is 0 Å². The first-order valence-electron chi connectivity index (χ1n) is 9.84. The number of benzene rings is 1. The molecule has 27 heavy (non-hydrogen) atoms. The fourth-order valence-corrected chi connectivity index (χ4v) is 4.67. The summed E-state index contributed by atoms with van der Waals surface area (Å²) in [5.74, 6) is 0.675. The predicted octanol–water partition coefficient (Wildman–Crippen LogP) is 4.45. The standard InChI is InChI=1S/C21H31N3O2S/c1-5-16(4)27(25,26)23-18-6-7-21-19(12-18)20(13-22-21)17-8-10-24(11-9-17)14-15(2)3/h6-8,12-13,15-16,22-23H,5,9-11,14H2,1-4H3. The zero-order valence-electron chi connectivity index (χ0n) is 16.7. The Morgan fingerprint density at radius 3 is 2.67 bits per heavy atom. The molecule has 0 bridgehead atoms. The summed E-state index contributed by atoms with van der Waals surface area (Å²) < 4.78 is 27.5. The molecular weight excluding hydrogens is 358 g/mol. The summed E-state index contributed by atoms with van der Waals surface area (Å²) >= 11 is 0. The van der Waals surface area contributed by atoms with Gasteiger partial charge in [0.25, 0.3) is 0 Å². The number of nitrogens with zero attached hydrogens (tertiary/aromatic N) is 1. The van der Waals surface area contributed by atoms with Crippen LogP contribution < -0.4 is 4.72 Å². The minimum Gasteiger partial charge on any atom is -0.361 e. The Bertz CT molecular complexity index is 928. The van der Waals surface area contributed by atoms with E-state index in [1.807, 2.05) is 31.3 Å². The van der Waals surface area contributed by atoms with Gasteiger partial charge in [0.05, 0.1) is 5.25 Å². The van der Waals surface area contributed by atoms with Crippen LogP contribution in [0.1, 0.15) is 46.1 Å².